The number of carbonyl (C=O) groups excluding carboxylic acids is 1. The number of hydrogen-bond acceptors (Lipinski definition) is 5. The lowest BCUT2D eigenvalue weighted by molar-refractivity contribution is 0.0519. The van der Waals surface area contributed by atoms with E-state index in [2.05, 4.69) is 9.88 Å². The van der Waals surface area contributed by atoms with Gasteiger partial charge in [0.1, 0.15) is 6.26 Å². The van der Waals surface area contributed by atoms with E-state index in [1.165, 1.54) is 12.7 Å². The number of oxazole rings is 1. The van der Waals surface area contributed by atoms with Crippen LogP contribution < -0.4 is 4.90 Å². The third kappa shape index (κ3) is 2.35. The summed E-state index contributed by atoms with van der Waals surface area (Å²) < 4.78 is 10.1. The van der Waals surface area contributed by atoms with E-state index < -0.39 is 5.97 Å². The first-order valence-corrected chi connectivity index (χ1v) is 5.69. The maximum atomic E-state index is 11.4. The largest absolute Gasteiger partial charge is 0.461 e. The molecule has 1 aromatic heterocycles. The summed E-state index contributed by atoms with van der Waals surface area (Å²) in [5.41, 5.74) is 0.252. The number of esters is 1. The van der Waals surface area contributed by atoms with Gasteiger partial charge >= 0.3 is 5.97 Å². The molecule has 0 unspecified atom stereocenters. The molecule has 0 atom stereocenters. The zero-order valence-electron chi connectivity index (χ0n) is 9.44. The molecule has 0 bridgehead atoms. The van der Waals surface area contributed by atoms with Gasteiger partial charge in [-0.25, -0.2) is 4.79 Å². The molecule has 0 aliphatic carbocycles. The minimum atomic E-state index is -0.422. The monoisotopic (exact) mass is 224 g/mol. The first-order chi connectivity index (χ1) is 7.81. The van der Waals surface area contributed by atoms with Gasteiger partial charge in [-0.15, -0.1) is 0 Å². The molecule has 1 aromatic rings. The van der Waals surface area contributed by atoms with Crippen LogP contribution in [0.4, 0.5) is 6.01 Å². The van der Waals surface area contributed by atoms with Crippen LogP contribution >= 0.6 is 0 Å². The highest BCUT2D eigenvalue weighted by Crippen LogP contribution is 2.19. The predicted octanol–water partition coefficient (Wildman–Crippen LogP) is 1.84. The second-order valence-electron chi connectivity index (χ2n) is 3.78. The van der Waals surface area contributed by atoms with Gasteiger partial charge in [-0.1, -0.05) is 0 Å². The Labute approximate surface area is 94.4 Å². The van der Waals surface area contributed by atoms with Crippen LogP contribution in [0.1, 0.15) is 36.7 Å². The fourth-order valence-corrected chi connectivity index (χ4v) is 1.79. The van der Waals surface area contributed by atoms with Crippen LogP contribution in [-0.2, 0) is 4.74 Å². The Balaban J connectivity index is 2.03. The Morgan fingerprint density at radius 3 is 2.94 bits per heavy atom. The molecular weight excluding hydrogens is 208 g/mol. The van der Waals surface area contributed by atoms with Crippen molar-refractivity contribution in [2.24, 2.45) is 0 Å². The molecule has 0 amide bonds. The lowest BCUT2D eigenvalue weighted by Gasteiger charge is -2.24. The Morgan fingerprint density at radius 1 is 1.50 bits per heavy atom. The normalized spacial score (nSPS) is 16.2. The molecule has 88 valence electrons. The summed E-state index contributed by atoms with van der Waals surface area (Å²) in [4.78, 5) is 17.6. The summed E-state index contributed by atoms with van der Waals surface area (Å²) in [5.74, 6) is -0.422. The van der Waals surface area contributed by atoms with Crippen molar-refractivity contribution in [1.29, 1.82) is 0 Å². The summed E-state index contributed by atoms with van der Waals surface area (Å²) in [6.07, 6.45) is 4.91. The van der Waals surface area contributed by atoms with Crippen LogP contribution in [0.2, 0.25) is 0 Å². The predicted molar refractivity (Wildman–Crippen MR) is 58.5 cm³/mol. The summed E-state index contributed by atoms with van der Waals surface area (Å²) in [7, 11) is 0. The van der Waals surface area contributed by atoms with Crippen LogP contribution in [0, 0.1) is 0 Å². The lowest BCUT2D eigenvalue weighted by Crippen LogP contribution is -2.29. The maximum Gasteiger partial charge on any atom is 0.360 e. The van der Waals surface area contributed by atoms with Crippen molar-refractivity contribution in [3.05, 3.63) is 12.0 Å². The van der Waals surface area contributed by atoms with E-state index in [9.17, 15) is 4.79 Å². The standard InChI is InChI=1S/C11H16N2O3/c1-2-15-10(14)9-8-16-11(12-9)13-6-4-3-5-7-13/h8H,2-7H2,1H3. The van der Waals surface area contributed by atoms with Gasteiger partial charge < -0.3 is 14.1 Å². The van der Waals surface area contributed by atoms with Crippen LogP contribution in [0.5, 0.6) is 0 Å². The van der Waals surface area contributed by atoms with Crippen molar-refractivity contribution in [2.75, 3.05) is 24.6 Å². The van der Waals surface area contributed by atoms with Crippen molar-refractivity contribution in [3.8, 4) is 0 Å². The molecule has 0 N–H and O–H groups in total. The Hall–Kier alpha value is -1.52. The second-order valence-corrected chi connectivity index (χ2v) is 3.78. The number of carbonyl (C=O) groups is 1. The van der Waals surface area contributed by atoms with Crippen molar-refractivity contribution in [1.82, 2.24) is 4.98 Å². The minimum Gasteiger partial charge on any atom is -0.461 e. The van der Waals surface area contributed by atoms with Crippen molar-refractivity contribution in [2.45, 2.75) is 26.2 Å². The molecule has 5 nitrogen and oxygen atoms in total. The number of rotatable bonds is 3. The number of piperidine rings is 1. The van der Waals surface area contributed by atoms with Gasteiger partial charge in [0.25, 0.3) is 6.01 Å². The maximum absolute atomic E-state index is 11.4. The van der Waals surface area contributed by atoms with Crippen LogP contribution in [0.25, 0.3) is 0 Å². The first kappa shape index (κ1) is 11.0. The topological polar surface area (TPSA) is 55.6 Å². The third-order valence-electron chi connectivity index (χ3n) is 2.60. The van der Waals surface area contributed by atoms with Crippen molar-refractivity contribution in [3.63, 3.8) is 0 Å². The molecule has 5 heteroatoms. The van der Waals surface area contributed by atoms with Crippen LogP contribution in [0.3, 0.4) is 0 Å². The van der Waals surface area contributed by atoms with Gasteiger partial charge in [-0.2, -0.15) is 4.98 Å². The highest BCUT2D eigenvalue weighted by Gasteiger charge is 2.19. The number of ether oxygens (including phenoxy) is 1. The number of hydrogen-bond donors (Lipinski definition) is 0. The SMILES string of the molecule is CCOC(=O)c1coc(N2CCCCC2)n1. The average Bonchev–Trinajstić information content (AvgIpc) is 2.80. The molecule has 16 heavy (non-hydrogen) atoms. The van der Waals surface area contributed by atoms with Gasteiger partial charge in [0.15, 0.2) is 5.69 Å². The van der Waals surface area contributed by atoms with E-state index in [4.69, 9.17) is 9.15 Å². The minimum absolute atomic E-state index is 0.252. The van der Waals surface area contributed by atoms with Gasteiger partial charge in [-0.3, -0.25) is 0 Å². The summed E-state index contributed by atoms with van der Waals surface area (Å²) in [6, 6.07) is 0.530. The van der Waals surface area contributed by atoms with Crippen LogP contribution in [0.15, 0.2) is 10.7 Å². The first-order valence-electron chi connectivity index (χ1n) is 5.69. The van der Waals surface area contributed by atoms with E-state index >= 15 is 0 Å². The molecule has 1 aliphatic rings. The van der Waals surface area contributed by atoms with E-state index in [1.54, 1.807) is 6.92 Å². The molecule has 1 fully saturated rings. The molecule has 0 saturated carbocycles. The highest BCUT2D eigenvalue weighted by molar-refractivity contribution is 5.87. The lowest BCUT2D eigenvalue weighted by atomic mass is 10.1. The Kier molecular flexibility index (Phi) is 3.44. The second kappa shape index (κ2) is 5.01. The molecule has 0 aromatic carbocycles. The van der Waals surface area contributed by atoms with Crippen LogP contribution in [-0.4, -0.2) is 30.6 Å². The summed E-state index contributed by atoms with van der Waals surface area (Å²) in [5, 5.41) is 0. The van der Waals surface area contributed by atoms with Crippen molar-refractivity contribution < 1.29 is 13.9 Å². The highest BCUT2D eigenvalue weighted by atomic mass is 16.5. The van der Waals surface area contributed by atoms with Gasteiger partial charge in [0, 0.05) is 13.1 Å². The molecule has 2 rings (SSSR count). The van der Waals surface area contributed by atoms with E-state index in [0.29, 0.717) is 12.6 Å². The molecule has 1 aliphatic heterocycles. The number of aromatic nitrogens is 1. The molecule has 0 radical (unpaired) electrons. The fourth-order valence-electron chi connectivity index (χ4n) is 1.79. The summed E-state index contributed by atoms with van der Waals surface area (Å²) >= 11 is 0. The average molecular weight is 224 g/mol. The zero-order chi connectivity index (χ0) is 11.4. The van der Waals surface area contributed by atoms with Gasteiger partial charge in [-0.05, 0) is 26.2 Å². The molecular formula is C11H16N2O3. The van der Waals surface area contributed by atoms with Gasteiger partial charge in [0.2, 0.25) is 0 Å². The van der Waals surface area contributed by atoms with Gasteiger partial charge in [0.05, 0.1) is 6.61 Å². The van der Waals surface area contributed by atoms with Crippen molar-refractivity contribution >= 4 is 12.0 Å². The smallest absolute Gasteiger partial charge is 0.360 e. The molecule has 2 heterocycles. The van der Waals surface area contributed by atoms with E-state index in [1.807, 2.05) is 0 Å². The third-order valence-corrected chi connectivity index (χ3v) is 2.60. The Bertz CT molecular complexity index is 356. The molecule has 0 spiro atoms. The molecule has 1 saturated heterocycles. The summed E-state index contributed by atoms with van der Waals surface area (Å²) in [6.45, 7) is 4.01. The number of anilines is 1. The zero-order valence-corrected chi connectivity index (χ0v) is 9.44. The number of nitrogens with zero attached hydrogens (tertiary/aromatic N) is 2. The fraction of sp³-hybridized carbons (Fsp3) is 0.636. The van der Waals surface area contributed by atoms with E-state index in [-0.39, 0.29) is 5.69 Å². The quantitative estimate of drug-likeness (QED) is 0.733. The Morgan fingerprint density at radius 2 is 2.25 bits per heavy atom. The van der Waals surface area contributed by atoms with E-state index in [0.717, 1.165) is 25.9 Å².